The van der Waals surface area contributed by atoms with E-state index in [1.807, 2.05) is 20.8 Å². The standard InChI is InChI=1S/C22H33N5O6/c1-21(2,3)25(20(28)29)8-5-9-33-19-17(27(30)31)6-7-18(23-19)24-11-16-10-15(24)12-26(16)22(4)13-32-14-22/h6-7,15-16H,5,8-14H2,1-4H3,(H,28,29). The maximum absolute atomic E-state index is 11.5. The van der Waals surface area contributed by atoms with E-state index in [4.69, 9.17) is 9.47 Å². The Morgan fingerprint density at radius 2 is 2.09 bits per heavy atom. The summed E-state index contributed by atoms with van der Waals surface area (Å²) in [6.07, 6.45) is 0.438. The summed E-state index contributed by atoms with van der Waals surface area (Å²) in [6.45, 7) is 11.4. The van der Waals surface area contributed by atoms with Gasteiger partial charge in [0.05, 0.1) is 30.3 Å². The number of pyridine rings is 1. The van der Waals surface area contributed by atoms with Crippen LogP contribution in [0.5, 0.6) is 5.88 Å². The number of amides is 1. The number of carboxylic acid groups (broad SMARTS) is 1. The van der Waals surface area contributed by atoms with Gasteiger partial charge in [-0.1, -0.05) is 0 Å². The monoisotopic (exact) mass is 463 g/mol. The highest BCUT2D eigenvalue weighted by molar-refractivity contribution is 5.65. The number of rotatable bonds is 8. The van der Waals surface area contributed by atoms with E-state index in [1.54, 1.807) is 6.07 Å². The molecule has 2 bridgehead atoms. The molecule has 3 fully saturated rings. The van der Waals surface area contributed by atoms with E-state index in [0.29, 0.717) is 24.3 Å². The van der Waals surface area contributed by atoms with E-state index < -0.39 is 16.6 Å². The summed E-state index contributed by atoms with van der Waals surface area (Å²) >= 11 is 0. The van der Waals surface area contributed by atoms with Crippen molar-refractivity contribution in [1.82, 2.24) is 14.8 Å². The average molecular weight is 464 g/mol. The number of aromatic nitrogens is 1. The molecule has 1 N–H and O–H groups in total. The second kappa shape index (κ2) is 8.60. The predicted octanol–water partition coefficient (Wildman–Crippen LogP) is 2.59. The number of likely N-dealkylation sites (tertiary alicyclic amines) is 1. The van der Waals surface area contributed by atoms with E-state index in [2.05, 4.69) is 21.7 Å². The maximum Gasteiger partial charge on any atom is 0.407 e. The molecule has 4 rings (SSSR count). The predicted molar refractivity (Wildman–Crippen MR) is 121 cm³/mol. The van der Waals surface area contributed by atoms with E-state index in [-0.39, 0.29) is 30.3 Å². The third kappa shape index (κ3) is 4.56. The fourth-order valence-electron chi connectivity index (χ4n) is 5.11. The molecule has 1 amide bonds. The Hall–Kier alpha value is -2.66. The molecule has 0 radical (unpaired) electrons. The first-order valence-corrected chi connectivity index (χ1v) is 11.4. The lowest BCUT2D eigenvalue weighted by atomic mass is 9.96. The number of fused-ring (bicyclic) bond motifs is 2. The number of nitrogens with zero attached hydrogens (tertiary/aromatic N) is 5. The maximum atomic E-state index is 11.5. The number of hydrogen-bond donors (Lipinski definition) is 1. The van der Waals surface area contributed by atoms with Crippen LogP contribution in [0.4, 0.5) is 16.3 Å². The fraction of sp³-hybridized carbons (Fsp3) is 0.727. The second-order valence-corrected chi connectivity index (χ2v) is 10.4. The topological polar surface area (TPSA) is 122 Å². The summed E-state index contributed by atoms with van der Waals surface area (Å²) < 4.78 is 11.1. The van der Waals surface area contributed by atoms with Crippen LogP contribution in [-0.4, -0.2) is 93.5 Å². The van der Waals surface area contributed by atoms with Crippen LogP contribution in [0, 0.1) is 10.1 Å². The van der Waals surface area contributed by atoms with Gasteiger partial charge in [0.25, 0.3) is 5.88 Å². The van der Waals surface area contributed by atoms with Gasteiger partial charge < -0.3 is 24.4 Å². The van der Waals surface area contributed by atoms with E-state index in [9.17, 15) is 20.0 Å². The Labute approximate surface area is 193 Å². The average Bonchev–Trinajstić information content (AvgIpc) is 3.31. The molecule has 182 valence electrons. The minimum Gasteiger partial charge on any atom is -0.473 e. The largest absolute Gasteiger partial charge is 0.473 e. The molecule has 3 aliphatic heterocycles. The summed E-state index contributed by atoms with van der Waals surface area (Å²) in [5, 5.41) is 20.9. The van der Waals surface area contributed by atoms with Crippen LogP contribution in [0.2, 0.25) is 0 Å². The van der Waals surface area contributed by atoms with Crippen LogP contribution in [0.25, 0.3) is 0 Å². The van der Waals surface area contributed by atoms with Crippen molar-refractivity contribution in [3.63, 3.8) is 0 Å². The van der Waals surface area contributed by atoms with Crippen LogP contribution >= 0.6 is 0 Å². The highest BCUT2D eigenvalue weighted by Gasteiger charge is 2.52. The lowest BCUT2D eigenvalue weighted by Crippen LogP contribution is -2.64. The van der Waals surface area contributed by atoms with Gasteiger partial charge in [0, 0.05) is 43.3 Å². The first kappa shape index (κ1) is 23.5. The van der Waals surface area contributed by atoms with Crippen molar-refractivity contribution >= 4 is 17.6 Å². The summed E-state index contributed by atoms with van der Waals surface area (Å²) in [6, 6.07) is 3.87. The summed E-state index contributed by atoms with van der Waals surface area (Å²) in [5.74, 6) is 0.661. The lowest BCUT2D eigenvalue weighted by molar-refractivity contribution is -0.386. The van der Waals surface area contributed by atoms with Crippen molar-refractivity contribution in [2.75, 3.05) is 44.4 Å². The first-order valence-electron chi connectivity index (χ1n) is 11.4. The molecule has 0 aromatic carbocycles. The molecule has 0 spiro atoms. The Morgan fingerprint density at radius 3 is 2.61 bits per heavy atom. The zero-order valence-electron chi connectivity index (χ0n) is 19.7. The van der Waals surface area contributed by atoms with Gasteiger partial charge in [-0.25, -0.2) is 4.79 Å². The molecule has 3 aliphatic rings. The second-order valence-electron chi connectivity index (χ2n) is 10.4. The quantitative estimate of drug-likeness (QED) is 0.352. The van der Waals surface area contributed by atoms with E-state index in [0.717, 1.165) is 32.7 Å². The molecule has 0 saturated carbocycles. The molecule has 0 aliphatic carbocycles. The van der Waals surface area contributed by atoms with Crippen LogP contribution in [0.3, 0.4) is 0 Å². The number of nitro groups is 1. The molecule has 2 atom stereocenters. The van der Waals surface area contributed by atoms with Crippen LogP contribution in [0.1, 0.15) is 40.5 Å². The number of hydrogen-bond acceptors (Lipinski definition) is 8. The van der Waals surface area contributed by atoms with Gasteiger partial charge in [0.1, 0.15) is 5.82 Å². The van der Waals surface area contributed by atoms with Gasteiger partial charge in [-0.15, -0.1) is 0 Å². The van der Waals surface area contributed by atoms with Crippen LogP contribution in [-0.2, 0) is 4.74 Å². The first-order chi connectivity index (χ1) is 15.5. The molecular formula is C22H33N5O6. The van der Waals surface area contributed by atoms with Crippen molar-refractivity contribution in [1.29, 1.82) is 0 Å². The Kier molecular flexibility index (Phi) is 6.12. The SMILES string of the molecule is CC(C)(C)N(CCCOc1nc(N2CC3CC2CN3C2(C)COC2)ccc1[N+](=O)[O-])C(=O)O. The molecule has 4 heterocycles. The lowest BCUT2D eigenvalue weighted by Gasteiger charge is -2.50. The molecule has 11 nitrogen and oxygen atoms in total. The van der Waals surface area contributed by atoms with Crippen molar-refractivity contribution in [2.24, 2.45) is 0 Å². The molecule has 33 heavy (non-hydrogen) atoms. The summed E-state index contributed by atoms with van der Waals surface area (Å²) in [4.78, 5) is 33.1. The zero-order chi connectivity index (χ0) is 24.0. The highest BCUT2D eigenvalue weighted by Crippen LogP contribution is 2.41. The van der Waals surface area contributed by atoms with Gasteiger partial charge in [0.2, 0.25) is 0 Å². The third-order valence-electron chi connectivity index (χ3n) is 6.88. The van der Waals surface area contributed by atoms with E-state index in [1.165, 1.54) is 11.0 Å². The zero-order valence-corrected chi connectivity index (χ0v) is 19.7. The van der Waals surface area contributed by atoms with Crippen LogP contribution in [0.15, 0.2) is 12.1 Å². The number of ether oxygens (including phenoxy) is 2. The number of piperazine rings is 1. The van der Waals surface area contributed by atoms with Gasteiger partial charge in [-0.05, 0) is 46.6 Å². The van der Waals surface area contributed by atoms with Crippen molar-refractivity contribution in [3.05, 3.63) is 22.2 Å². The van der Waals surface area contributed by atoms with Gasteiger partial charge >= 0.3 is 11.8 Å². The molecule has 2 unspecified atom stereocenters. The number of anilines is 1. The van der Waals surface area contributed by atoms with Gasteiger partial charge in [-0.3, -0.25) is 15.0 Å². The number of carbonyl (C=O) groups is 1. The van der Waals surface area contributed by atoms with E-state index >= 15 is 0 Å². The van der Waals surface area contributed by atoms with Crippen molar-refractivity contribution < 1.29 is 24.3 Å². The third-order valence-corrected chi connectivity index (χ3v) is 6.88. The normalized spacial score (nSPS) is 23.9. The van der Waals surface area contributed by atoms with Gasteiger partial charge in [0.15, 0.2) is 0 Å². The summed E-state index contributed by atoms with van der Waals surface area (Å²) in [7, 11) is 0. The molecule has 11 heteroatoms. The fourth-order valence-corrected chi connectivity index (χ4v) is 5.11. The molecule has 1 aromatic heterocycles. The Balaban J connectivity index is 1.41. The van der Waals surface area contributed by atoms with Crippen molar-refractivity contribution in [2.45, 2.75) is 63.7 Å². The highest BCUT2D eigenvalue weighted by atomic mass is 16.6. The minimum absolute atomic E-state index is 0.0193. The molecule has 3 saturated heterocycles. The Morgan fingerprint density at radius 1 is 1.36 bits per heavy atom. The minimum atomic E-state index is -1.01. The summed E-state index contributed by atoms with van der Waals surface area (Å²) in [5.41, 5.74) is -0.615. The van der Waals surface area contributed by atoms with Crippen LogP contribution < -0.4 is 9.64 Å². The Bertz CT molecular complexity index is 915. The molecular weight excluding hydrogens is 430 g/mol. The smallest absolute Gasteiger partial charge is 0.407 e. The van der Waals surface area contributed by atoms with Gasteiger partial charge in [-0.2, -0.15) is 4.98 Å². The van der Waals surface area contributed by atoms with Crippen molar-refractivity contribution in [3.8, 4) is 5.88 Å². The molecule has 1 aromatic rings.